The van der Waals surface area contributed by atoms with Crippen LogP contribution in [0.4, 0.5) is 0 Å². The van der Waals surface area contributed by atoms with Crippen LogP contribution in [0.2, 0.25) is 0 Å². The molecule has 2 aromatic carbocycles. The van der Waals surface area contributed by atoms with E-state index in [-0.39, 0.29) is 36.5 Å². The minimum absolute atomic E-state index is 0.0723. The van der Waals surface area contributed by atoms with Crippen LogP contribution in [0.5, 0.6) is 0 Å². The van der Waals surface area contributed by atoms with Crippen LogP contribution in [-0.2, 0) is 30.4 Å². The molecule has 0 saturated carbocycles. The minimum atomic E-state index is -1.70. The Morgan fingerprint density at radius 2 is 1.46 bits per heavy atom. The minimum Gasteiger partial charge on any atom is -0.381 e. The van der Waals surface area contributed by atoms with Crippen LogP contribution >= 0.6 is 11.8 Å². The largest absolute Gasteiger partial charge is 0.381 e. The second-order valence-electron chi connectivity index (χ2n) is 16.1. The van der Waals surface area contributed by atoms with E-state index in [2.05, 4.69) is 35.1 Å². The molecule has 1 aliphatic rings. The Bertz CT molecular complexity index is 1510. The summed E-state index contributed by atoms with van der Waals surface area (Å²) in [5.41, 5.74) is 0.513. The third-order valence-corrected chi connectivity index (χ3v) is 10.4. The number of benzene rings is 2. The van der Waals surface area contributed by atoms with Crippen molar-refractivity contribution in [3.63, 3.8) is 0 Å². The molecule has 1 fully saturated rings. The van der Waals surface area contributed by atoms with Gasteiger partial charge in [-0.15, -0.1) is 11.8 Å². The number of hydrogen-bond donors (Lipinski definition) is 5. The van der Waals surface area contributed by atoms with Crippen LogP contribution in [-0.4, -0.2) is 80.9 Å². The number of nitrogens with one attached hydrogen (secondary N) is 4. The Morgan fingerprint density at radius 3 is 2.02 bits per heavy atom. The van der Waals surface area contributed by atoms with Gasteiger partial charge in [-0.2, -0.15) is 0 Å². The van der Waals surface area contributed by atoms with Gasteiger partial charge < -0.3 is 31.3 Å². The van der Waals surface area contributed by atoms with Crippen molar-refractivity contribution < 1.29 is 29.1 Å². The molecule has 12 heteroatoms. The zero-order valence-electron chi connectivity index (χ0n) is 32.2. The average molecular weight is 738 g/mol. The third kappa shape index (κ3) is 12.1. The van der Waals surface area contributed by atoms with Crippen LogP contribution in [0.25, 0.3) is 0 Å². The van der Waals surface area contributed by atoms with Gasteiger partial charge in [0.15, 0.2) is 6.10 Å². The zero-order valence-corrected chi connectivity index (χ0v) is 33.0. The molecular weight excluding hydrogens is 679 g/mol. The summed E-state index contributed by atoms with van der Waals surface area (Å²) in [4.78, 5) is 70.0. The molecule has 3 rings (SSSR count). The molecule has 5 N–H and O–H groups in total. The molecule has 1 aliphatic heterocycles. The highest BCUT2D eigenvalue weighted by atomic mass is 32.2. The smallest absolute Gasteiger partial charge is 0.254 e. The van der Waals surface area contributed by atoms with Gasteiger partial charge in [-0.05, 0) is 55.1 Å². The number of aliphatic hydroxyl groups is 1. The second kappa shape index (κ2) is 18.7. The lowest BCUT2D eigenvalue weighted by molar-refractivity contribution is -0.148. The highest BCUT2D eigenvalue weighted by Gasteiger charge is 2.50. The Hall–Kier alpha value is -3.90. The molecule has 0 spiro atoms. The van der Waals surface area contributed by atoms with Crippen molar-refractivity contribution in [3.8, 4) is 0 Å². The average Bonchev–Trinajstić information content (AvgIpc) is 3.39. The van der Waals surface area contributed by atoms with E-state index in [4.69, 9.17) is 0 Å². The maximum atomic E-state index is 14.2. The standard InChI is InChI=1S/C40H59N5O6S/c1-25(2)20-21-41-37(50)34-40(8,9)52-24-45(34)38(51)32(47)29(23-27-16-12-10-13-17-27)42-36(49)33(39(5,6)7)44-35(48)31(28-18-14-11-15-19-28)43-30(46)22-26(3)4/h10-19,25-26,29,31-34,47H,20-24H2,1-9H3,(H,41,50)(H,42,49)(H,43,46)(H,44,48)/t29-,31-,32-,33+,34+/m0/s1. The molecule has 5 atom stereocenters. The van der Waals surface area contributed by atoms with Crippen molar-refractivity contribution >= 4 is 41.3 Å². The van der Waals surface area contributed by atoms with E-state index in [1.54, 1.807) is 45.0 Å². The summed E-state index contributed by atoms with van der Waals surface area (Å²) < 4.78 is -0.614. The molecule has 5 amide bonds. The van der Waals surface area contributed by atoms with Crippen LogP contribution in [0, 0.1) is 17.3 Å². The lowest BCUT2D eigenvalue weighted by Crippen LogP contribution is -2.62. The third-order valence-electron chi connectivity index (χ3n) is 9.07. The van der Waals surface area contributed by atoms with Crippen molar-refractivity contribution in [2.75, 3.05) is 12.4 Å². The van der Waals surface area contributed by atoms with Gasteiger partial charge in [0.05, 0.1) is 11.9 Å². The summed E-state index contributed by atoms with van der Waals surface area (Å²) in [7, 11) is 0. The maximum Gasteiger partial charge on any atom is 0.254 e. The monoisotopic (exact) mass is 737 g/mol. The lowest BCUT2D eigenvalue weighted by Gasteiger charge is -2.35. The Balaban J connectivity index is 1.90. The zero-order chi connectivity index (χ0) is 38.8. The fourth-order valence-corrected chi connectivity index (χ4v) is 7.29. The Labute approximate surface area is 313 Å². The van der Waals surface area contributed by atoms with Gasteiger partial charge in [0.2, 0.25) is 23.6 Å². The molecule has 1 heterocycles. The predicted octanol–water partition coefficient (Wildman–Crippen LogP) is 4.35. The van der Waals surface area contributed by atoms with Gasteiger partial charge in [-0.1, -0.05) is 109 Å². The summed E-state index contributed by atoms with van der Waals surface area (Å²) in [6.07, 6.45) is -0.582. The highest BCUT2D eigenvalue weighted by Crippen LogP contribution is 2.40. The predicted molar refractivity (Wildman–Crippen MR) is 206 cm³/mol. The van der Waals surface area contributed by atoms with Gasteiger partial charge in [0.25, 0.3) is 5.91 Å². The number of aliphatic hydroxyl groups excluding tert-OH is 1. The number of thioether (sulfide) groups is 1. The van der Waals surface area contributed by atoms with Crippen LogP contribution < -0.4 is 21.3 Å². The fraction of sp³-hybridized carbons (Fsp3) is 0.575. The van der Waals surface area contributed by atoms with Crippen molar-refractivity contribution in [2.45, 2.75) is 117 Å². The van der Waals surface area contributed by atoms with E-state index < -0.39 is 58.2 Å². The van der Waals surface area contributed by atoms with Crippen molar-refractivity contribution in [1.29, 1.82) is 0 Å². The van der Waals surface area contributed by atoms with Crippen molar-refractivity contribution in [1.82, 2.24) is 26.2 Å². The number of nitrogens with zero attached hydrogens (tertiary/aromatic N) is 1. The van der Waals surface area contributed by atoms with Crippen LogP contribution in [0.1, 0.15) is 92.3 Å². The summed E-state index contributed by atoms with van der Waals surface area (Å²) >= 11 is 1.45. The highest BCUT2D eigenvalue weighted by molar-refractivity contribution is 8.00. The molecule has 286 valence electrons. The Kier molecular flexibility index (Phi) is 15.3. The fourth-order valence-electron chi connectivity index (χ4n) is 6.15. The molecule has 52 heavy (non-hydrogen) atoms. The molecule has 1 saturated heterocycles. The molecule has 0 unspecified atom stereocenters. The number of hydrogen-bond acceptors (Lipinski definition) is 7. The normalized spacial score (nSPS) is 17.9. The van der Waals surface area contributed by atoms with Gasteiger partial charge in [-0.25, -0.2) is 0 Å². The molecule has 11 nitrogen and oxygen atoms in total. The summed E-state index contributed by atoms with van der Waals surface area (Å²) in [6.45, 7) is 17.6. The summed E-state index contributed by atoms with van der Waals surface area (Å²) in [5.74, 6) is -1.77. The summed E-state index contributed by atoms with van der Waals surface area (Å²) in [6, 6.07) is 13.9. The van der Waals surface area contributed by atoms with E-state index in [1.807, 2.05) is 64.1 Å². The first-order valence-corrected chi connectivity index (χ1v) is 19.2. The number of rotatable bonds is 16. The molecule has 0 aromatic heterocycles. The lowest BCUT2D eigenvalue weighted by atomic mass is 9.85. The first-order chi connectivity index (χ1) is 24.3. The van der Waals surface area contributed by atoms with Gasteiger partial charge in [0, 0.05) is 17.7 Å². The van der Waals surface area contributed by atoms with E-state index in [0.29, 0.717) is 18.0 Å². The molecule has 0 bridgehead atoms. The van der Waals surface area contributed by atoms with Crippen LogP contribution in [0.15, 0.2) is 60.7 Å². The van der Waals surface area contributed by atoms with Gasteiger partial charge >= 0.3 is 0 Å². The van der Waals surface area contributed by atoms with E-state index >= 15 is 0 Å². The van der Waals surface area contributed by atoms with Crippen molar-refractivity contribution in [3.05, 3.63) is 71.8 Å². The summed E-state index contributed by atoms with van der Waals surface area (Å²) in [5, 5.41) is 23.3. The molecular formula is C40H59N5O6S. The van der Waals surface area contributed by atoms with Crippen LogP contribution in [0.3, 0.4) is 0 Å². The first-order valence-electron chi connectivity index (χ1n) is 18.2. The maximum absolute atomic E-state index is 14.2. The van der Waals surface area contributed by atoms with E-state index in [0.717, 1.165) is 12.0 Å². The van der Waals surface area contributed by atoms with Gasteiger partial charge in [-0.3, -0.25) is 24.0 Å². The van der Waals surface area contributed by atoms with Crippen molar-refractivity contribution in [2.24, 2.45) is 17.3 Å². The number of carbonyl (C=O) groups is 5. The Morgan fingerprint density at radius 1 is 0.865 bits per heavy atom. The number of amides is 5. The second-order valence-corrected chi connectivity index (χ2v) is 17.7. The van der Waals surface area contributed by atoms with E-state index in [1.165, 1.54) is 16.7 Å². The first kappa shape index (κ1) is 42.5. The molecule has 2 aromatic rings. The molecule has 0 aliphatic carbocycles. The SMILES string of the molecule is CC(C)CCNC(=O)[C@H]1N(C(=O)[C@@H](O)[C@H](Cc2ccccc2)NC(=O)[C@@H](NC(=O)[C@@H](NC(=O)CC(C)C)c2ccccc2)C(C)(C)C)CSC1(C)C. The van der Waals surface area contributed by atoms with Gasteiger partial charge in [0.1, 0.15) is 18.1 Å². The number of carbonyl (C=O) groups excluding carboxylic acids is 5. The van der Waals surface area contributed by atoms with E-state index in [9.17, 15) is 29.1 Å². The topological polar surface area (TPSA) is 157 Å². The quantitative estimate of drug-likeness (QED) is 0.172. The molecule has 0 radical (unpaired) electrons.